The fourth-order valence-corrected chi connectivity index (χ4v) is 1.27. The van der Waals surface area contributed by atoms with Crippen LogP contribution in [-0.4, -0.2) is 6.04 Å². The molecule has 0 unspecified atom stereocenters. The third-order valence-electron chi connectivity index (χ3n) is 1.84. The number of nitrogens with one attached hydrogen (secondary N) is 1. The second kappa shape index (κ2) is 5.03. The lowest BCUT2D eigenvalue weighted by molar-refractivity contribution is -0.00000188. The fraction of sp³-hybridized carbons (Fsp3) is 1.00. The smallest absolute Gasteiger partial charge is 1.00 e. The summed E-state index contributed by atoms with van der Waals surface area (Å²) < 4.78 is 0. The molecule has 1 aliphatic rings. The zero-order valence-electron chi connectivity index (χ0n) is 6.57. The minimum absolute atomic E-state index is 0. The summed E-state index contributed by atoms with van der Waals surface area (Å²) in [6.45, 7) is 0. The molecule has 0 aliphatic heterocycles. The fourth-order valence-electron chi connectivity index (χ4n) is 1.27. The molecule has 1 aliphatic carbocycles. The summed E-state index contributed by atoms with van der Waals surface area (Å²) in [5.74, 6) is 5.25. The number of halogens is 1. The summed E-state index contributed by atoms with van der Waals surface area (Å²) in [7, 11) is 0. The van der Waals surface area contributed by atoms with E-state index in [1.807, 2.05) is 0 Å². The molecule has 1 rings (SSSR count). The Hall–Kier alpha value is 0.210. The topological polar surface area (TPSA) is 38.0 Å². The molecule has 0 aromatic carbocycles. The molecular weight excluding hydrogens is 136 g/mol. The zero-order chi connectivity index (χ0) is 5.82. The van der Waals surface area contributed by atoms with Crippen molar-refractivity contribution in [2.45, 2.75) is 38.1 Å². The average molecular weight is 151 g/mol. The average Bonchev–Trinajstić information content (AvgIpc) is 1.90. The molecule has 0 bridgehead atoms. The lowest BCUT2D eigenvalue weighted by Crippen LogP contribution is -3.00. The van der Waals surface area contributed by atoms with E-state index in [-0.39, 0.29) is 13.8 Å². The molecule has 2 nitrogen and oxygen atoms in total. The predicted octanol–water partition coefficient (Wildman–Crippen LogP) is -2.10. The molecule has 0 aromatic heterocycles. The van der Waals surface area contributed by atoms with Crippen molar-refractivity contribution >= 4 is 0 Å². The first-order valence-corrected chi connectivity index (χ1v) is 3.39. The lowest BCUT2D eigenvalue weighted by Gasteiger charge is -2.19. The highest BCUT2D eigenvalue weighted by atomic mass is 35.5. The summed E-state index contributed by atoms with van der Waals surface area (Å²) in [5.41, 5.74) is 2.80. The van der Waals surface area contributed by atoms with E-state index < -0.39 is 0 Å². The van der Waals surface area contributed by atoms with Crippen molar-refractivity contribution in [1.82, 2.24) is 5.43 Å². The highest BCUT2D eigenvalue weighted by molar-refractivity contribution is 4.68. The Labute approximate surface area is 64.1 Å². The second-order valence-corrected chi connectivity index (χ2v) is 2.50. The Kier molecular flexibility index (Phi) is 5.15. The van der Waals surface area contributed by atoms with E-state index in [1.54, 1.807) is 0 Å². The van der Waals surface area contributed by atoms with Crippen molar-refractivity contribution < 1.29 is 13.8 Å². The first-order valence-electron chi connectivity index (χ1n) is 3.39. The van der Waals surface area contributed by atoms with Crippen LogP contribution in [0.2, 0.25) is 0 Å². The molecule has 0 radical (unpaired) electrons. The van der Waals surface area contributed by atoms with E-state index in [0.29, 0.717) is 6.04 Å². The van der Waals surface area contributed by atoms with Gasteiger partial charge in [-0.25, -0.2) is 0 Å². The second-order valence-electron chi connectivity index (χ2n) is 2.50. The number of hydrogen-bond donors (Lipinski definition) is 2. The van der Waals surface area contributed by atoms with E-state index in [4.69, 9.17) is 5.84 Å². The number of rotatable bonds is 1. The lowest BCUT2D eigenvalue weighted by atomic mass is 9.96. The van der Waals surface area contributed by atoms with Gasteiger partial charge in [-0.05, 0) is 12.8 Å². The van der Waals surface area contributed by atoms with Gasteiger partial charge < -0.3 is 12.4 Å². The van der Waals surface area contributed by atoms with Gasteiger partial charge in [-0.15, -0.1) is 0 Å². The van der Waals surface area contributed by atoms with Crippen LogP contribution >= 0.6 is 0 Å². The molecule has 0 heterocycles. The van der Waals surface area contributed by atoms with Gasteiger partial charge in [0.25, 0.3) is 0 Å². The molecule has 1 fully saturated rings. The van der Waals surface area contributed by atoms with Crippen LogP contribution in [0, 0.1) is 0 Å². The van der Waals surface area contributed by atoms with Crippen LogP contribution in [-0.2, 0) is 0 Å². The molecule has 3 heteroatoms. The van der Waals surface area contributed by atoms with Crippen molar-refractivity contribution in [3.05, 3.63) is 0 Å². The number of hydrogen-bond acceptors (Lipinski definition) is 2. The highest BCUT2D eigenvalue weighted by Crippen LogP contribution is 2.16. The van der Waals surface area contributed by atoms with E-state index in [1.165, 1.54) is 32.1 Å². The maximum atomic E-state index is 5.25. The minimum Gasteiger partial charge on any atom is -1.00 e. The van der Waals surface area contributed by atoms with E-state index in [2.05, 4.69) is 5.43 Å². The molecule has 0 saturated heterocycles. The van der Waals surface area contributed by atoms with Crippen LogP contribution in [0.15, 0.2) is 0 Å². The van der Waals surface area contributed by atoms with Crippen LogP contribution in [0.25, 0.3) is 0 Å². The number of nitrogens with two attached hydrogens (primary N) is 1. The summed E-state index contributed by atoms with van der Waals surface area (Å²) in [5, 5.41) is 0. The summed E-state index contributed by atoms with van der Waals surface area (Å²) in [6.07, 6.45) is 6.66. The van der Waals surface area contributed by atoms with Gasteiger partial charge in [0.1, 0.15) is 0 Å². The molecule has 56 valence electrons. The third-order valence-corrected chi connectivity index (χ3v) is 1.84. The molecule has 9 heavy (non-hydrogen) atoms. The van der Waals surface area contributed by atoms with Gasteiger partial charge in [0.15, 0.2) is 0 Å². The molecule has 0 amide bonds. The van der Waals surface area contributed by atoms with Gasteiger partial charge in [0.05, 0.1) is 0 Å². The quantitative estimate of drug-likeness (QED) is 0.332. The first kappa shape index (κ1) is 9.21. The Balaban J connectivity index is 0. The molecule has 1 saturated carbocycles. The van der Waals surface area contributed by atoms with Crippen LogP contribution in [0.3, 0.4) is 0 Å². The highest BCUT2D eigenvalue weighted by Gasteiger charge is 2.09. The van der Waals surface area contributed by atoms with Crippen molar-refractivity contribution in [3.63, 3.8) is 0 Å². The van der Waals surface area contributed by atoms with E-state index >= 15 is 0 Å². The predicted molar refractivity (Wildman–Crippen MR) is 35.3 cm³/mol. The first-order chi connectivity index (χ1) is 3.93. The summed E-state index contributed by atoms with van der Waals surface area (Å²) in [4.78, 5) is 0. The van der Waals surface area contributed by atoms with Gasteiger partial charge in [-0.3, -0.25) is 11.3 Å². The van der Waals surface area contributed by atoms with Gasteiger partial charge in [-0.2, -0.15) is 0 Å². The van der Waals surface area contributed by atoms with Crippen molar-refractivity contribution in [2.75, 3.05) is 0 Å². The Morgan fingerprint density at radius 1 is 1.22 bits per heavy atom. The zero-order valence-corrected chi connectivity index (χ0v) is 6.32. The molecule has 0 atom stereocenters. The third kappa shape index (κ3) is 3.04. The molecule has 3 N–H and O–H groups in total. The van der Waals surface area contributed by atoms with Crippen LogP contribution in [0.1, 0.15) is 33.5 Å². The normalized spacial score (nSPS) is 21.0. The van der Waals surface area contributed by atoms with Crippen LogP contribution in [0.5, 0.6) is 0 Å². The maximum Gasteiger partial charge on any atom is 1.00 e. The van der Waals surface area contributed by atoms with Crippen LogP contribution in [0.4, 0.5) is 0 Å². The minimum atomic E-state index is 0. The maximum absolute atomic E-state index is 5.25. The van der Waals surface area contributed by atoms with Crippen molar-refractivity contribution in [2.24, 2.45) is 5.84 Å². The van der Waals surface area contributed by atoms with Gasteiger partial charge in [0.2, 0.25) is 0 Å². The molecule has 0 aromatic rings. The van der Waals surface area contributed by atoms with Crippen molar-refractivity contribution in [3.8, 4) is 0 Å². The van der Waals surface area contributed by atoms with Crippen molar-refractivity contribution in [1.29, 1.82) is 0 Å². The summed E-state index contributed by atoms with van der Waals surface area (Å²) >= 11 is 0. The Morgan fingerprint density at radius 3 is 2.11 bits per heavy atom. The Bertz CT molecular complexity index is 66.8. The Morgan fingerprint density at radius 2 is 1.78 bits per heavy atom. The largest absolute Gasteiger partial charge is 1.00 e. The SMILES string of the molecule is NNC1CCCCC1.[Cl-].[H+]. The summed E-state index contributed by atoms with van der Waals surface area (Å²) in [6, 6.07) is 0.615. The van der Waals surface area contributed by atoms with Gasteiger partial charge in [0, 0.05) is 6.04 Å². The van der Waals surface area contributed by atoms with Gasteiger partial charge >= 0.3 is 1.43 Å². The molecular formula is C6H15ClN2. The molecule has 0 spiro atoms. The van der Waals surface area contributed by atoms with Crippen LogP contribution < -0.4 is 23.7 Å². The number of hydrazine groups is 1. The van der Waals surface area contributed by atoms with E-state index in [9.17, 15) is 0 Å². The standard InChI is InChI=1S/C6H14N2.ClH/c7-8-6-4-2-1-3-5-6;/h6,8H,1-5,7H2;1H. The monoisotopic (exact) mass is 150 g/mol. The van der Waals surface area contributed by atoms with Gasteiger partial charge in [-0.1, -0.05) is 19.3 Å². The van der Waals surface area contributed by atoms with E-state index in [0.717, 1.165) is 0 Å².